The summed E-state index contributed by atoms with van der Waals surface area (Å²) < 4.78 is 7.20. The van der Waals surface area contributed by atoms with Gasteiger partial charge < -0.3 is 25.6 Å². The molecule has 2 amide bonds. The van der Waals surface area contributed by atoms with Crippen molar-refractivity contribution in [2.75, 3.05) is 10.6 Å². The van der Waals surface area contributed by atoms with E-state index in [0.29, 0.717) is 10.7 Å². The molecule has 0 aliphatic heterocycles. The number of nitrogens with zero attached hydrogens (tertiary/aromatic N) is 5. The van der Waals surface area contributed by atoms with Crippen molar-refractivity contribution in [2.45, 2.75) is 23.4 Å². The molecule has 1 aromatic heterocycles. The molecule has 19 heteroatoms. The van der Waals surface area contributed by atoms with Gasteiger partial charge in [-0.15, -0.1) is 5.10 Å². The number of tetrazole rings is 1. The molecule has 0 radical (unpaired) electrons. The lowest BCUT2D eigenvalue weighted by atomic mass is 10.0. The molecule has 1 heterocycles. The molecule has 0 saturated heterocycles. The summed E-state index contributed by atoms with van der Waals surface area (Å²) in [6.07, 6.45) is -2.20. The van der Waals surface area contributed by atoms with Crippen molar-refractivity contribution in [3.05, 3.63) is 127 Å². The fourth-order valence-corrected chi connectivity index (χ4v) is 6.08. The number of rotatable bonds is 13. The molecule has 0 aliphatic rings. The van der Waals surface area contributed by atoms with Crippen LogP contribution in [0.3, 0.4) is 0 Å². The lowest BCUT2D eigenvalue weighted by molar-refractivity contribution is -0.386. The fourth-order valence-electron chi connectivity index (χ4n) is 4.69. The van der Waals surface area contributed by atoms with Crippen LogP contribution in [0.1, 0.15) is 42.7 Å². The molecule has 0 bridgehead atoms. The number of amides is 2. The SMILES string of the molecule is Cc1ccc(C(Sc2nnnn2C)c2ccc(OC(C(=O)Nc3cc(C(=O)O)ccc3Cl)C(=O)Nc3cc(C(=O)O)ccc3Cl)c([N+](=O)[O-])c2)cc1. The number of carbonyl (C=O) groups is 4. The van der Waals surface area contributed by atoms with Crippen molar-refractivity contribution >= 4 is 75.8 Å². The van der Waals surface area contributed by atoms with Gasteiger partial charge in [-0.05, 0) is 70.9 Å². The van der Waals surface area contributed by atoms with Crippen LogP contribution in [0.4, 0.5) is 17.1 Å². The fraction of sp³-hybridized carbons (Fsp3) is 0.121. The number of aromatic carboxylic acids is 2. The Morgan fingerprint density at radius 2 is 1.38 bits per heavy atom. The average molecular weight is 767 g/mol. The van der Waals surface area contributed by atoms with Crippen molar-refractivity contribution in [3.63, 3.8) is 0 Å². The summed E-state index contributed by atoms with van der Waals surface area (Å²) in [4.78, 5) is 62.2. The number of benzene rings is 4. The summed E-state index contributed by atoms with van der Waals surface area (Å²) in [5.74, 6) is -5.59. The molecule has 1 atom stereocenters. The van der Waals surface area contributed by atoms with E-state index in [1.807, 2.05) is 31.2 Å². The van der Waals surface area contributed by atoms with Crippen LogP contribution in [0.2, 0.25) is 10.0 Å². The number of aromatic nitrogens is 4. The van der Waals surface area contributed by atoms with Crippen molar-refractivity contribution in [1.29, 1.82) is 0 Å². The van der Waals surface area contributed by atoms with Gasteiger partial charge in [-0.1, -0.05) is 70.9 Å². The normalized spacial score (nSPS) is 11.5. The van der Waals surface area contributed by atoms with Gasteiger partial charge in [0.1, 0.15) is 0 Å². The van der Waals surface area contributed by atoms with Gasteiger partial charge in [0.05, 0.1) is 42.7 Å². The minimum Gasteiger partial charge on any atom is -0.478 e. The predicted molar refractivity (Wildman–Crippen MR) is 189 cm³/mol. The zero-order valence-electron chi connectivity index (χ0n) is 26.8. The van der Waals surface area contributed by atoms with Gasteiger partial charge in [-0.3, -0.25) is 19.7 Å². The van der Waals surface area contributed by atoms with E-state index in [0.717, 1.165) is 23.3 Å². The molecule has 0 saturated carbocycles. The van der Waals surface area contributed by atoms with E-state index >= 15 is 0 Å². The van der Waals surface area contributed by atoms with Gasteiger partial charge in [-0.25, -0.2) is 14.3 Å². The zero-order valence-corrected chi connectivity index (χ0v) is 29.1. The van der Waals surface area contributed by atoms with E-state index in [1.165, 1.54) is 58.9 Å². The van der Waals surface area contributed by atoms with Crippen molar-refractivity contribution < 1.29 is 39.1 Å². The van der Waals surface area contributed by atoms with Crippen LogP contribution in [-0.4, -0.2) is 65.2 Å². The van der Waals surface area contributed by atoms with E-state index < -0.39 is 51.5 Å². The molecular formula is C33H25Cl2N7O9S. The predicted octanol–water partition coefficient (Wildman–Crippen LogP) is 6.04. The molecule has 266 valence electrons. The van der Waals surface area contributed by atoms with Gasteiger partial charge in [0.2, 0.25) is 5.16 Å². The van der Waals surface area contributed by atoms with Gasteiger partial charge in [0.25, 0.3) is 17.9 Å². The van der Waals surface area contributed by atoms with Crippen molar-refractivity contribution in [3.8, 4) is 5.75 Å². The van der Waals surface area contributed by atoms with Crippen LogP contribution in [0.15, 0.2) is 84.0 Å². The molecule has 4 N–H and O–H groups in total. The molecule has 0 fully saturated rings. The Bertz CT molecular complexity index is 2140. The zero-order chi connectivity index (χ0) is 37.7. The molecule has 16 nitrogen and oxygen atoms in total. The van der Waals surface area contributed by atoms with E-state index in [2.05, 4.69) is 26.2 Å². The summed E-state index contributed by atoms with van der Waals surface area (Å²) in [7, 11) is 1.64. The Balaban J connectivity index is 1.55. The van der Waals surface area contributed by atoms with E-state index in [9.17, 15) is 39.5 Å². The number of nitrogens with one attached hydrogen (secondary N) is 2. The van der Waals surface area contributed by atoms with E-state index in [-0.39, 0.29) is 32.5 Å². The van der Waals surface area contributed by atoms with Crippen molar-refractivity contribution in [2.24, 2.45) is 7.05 Å². The number of hydrogen-bond donors (Lipinski definition) is 4. The molecule has 4 aromatic carbocycles. The first-order valence-corrected chi connectivity index (χ1v) is 16.4. The molecule has 5 aromatic rings. The monoisotopic (exact) mass is 765 g/mol. The number of ether oxygens (including phenoxy) is 1. The highest BCUT2D eigenvalue weighted by molar-refractivity contribution is 7.99. The third-order valence-corrected chi connectivity index (χ3v) is 9.33. The third-order valence-electron chi connectivity index (χ3n) is 7.33. The van der Waals surface area contributed by atoms with Crippen LogP contribution in [0.25, 0.3) is 0 Å². The first kappa shape index (κ1) is 37.2. The highest BCUT2D eigenvalue weighted by Gasteiger charge is 2.34. The second kappa shape index (κ2) is 15.9. The third kappa shape index (κ3) is 8.63. The summed E-state index contributed by atoms with van der Waals surface area (Å²) in [6, 6.07) is 18.3. The first-order valence-electron chi connectivity index (χ1n) is 14.8. The Kier molecular flexibility index (Phi) is 11.4. The Morgan fingerprint density at radius 3 is 1.87 bits per heavy atom. The Hall–Kier alpha value is -6.04. The number of aryl methyl sites for hydroxylation is 2. The maximum Gasteiger partial charge on any atom is 0.335 e. The smallest absolute Gasteiger partial charge is 0.335 e. The second-order valence-corrected chi connectivity index (χ2v) is 12.8. The number of nitro groups is 1. The van der Waals surface area contributed by atoms with Crippen LogP contribution < -0.4 is 15.4 Å². The van der Waals surface area contributed by atoms with Gasteiger partial charge in [0, 0.05) is 13.1 Å². The van der Waals surface area contributed by atoms with Gasteiger partial charge in [0.15, 0.2) is 5.75 Å². The number of halogens is 2. The number of carboxylic acid groups (broad SMARTS) is 2. The highest BCUT2D eigenvalue weighted by atomic mass is 35.5. The molecule has 1 unspecified atom stereocenters. The second-order valence-electron chi connectivity index (χ2n) is 11.0. The quantitative estimate of drug-likeness (QED) is 0.0465. The Morgan fingerprint density at radius 1 is 0.846 bits per heavy atom. The van der Waals surface area contributed by atoms with Gasteiger partial charge in [-0.2, -0.15) is 0 Å². The molecular weight excluding hydrogens is 741 g/mol. The van der Waals surface area contributed by atoms with Crippen LogP contribution in [0, 0.1) is 17.0 Å². The van der Waals surface area contributed by atoms with Crippen molar-refractivity contribution in [1.82, 2.24) is 20.2 Å². The number of hydrogen-bond acceptors (Lipinski definition) is 11. The standard InChI is InChI=1S/C33H25Cl2N7O9S/c1-16-3-5-17(6-4-16)28(52-33-38-39-40-41(33)2)18-9-12-26(25(15-18)42(49)50)51-27(29(43)36-23-13-19(31(45)46)7-10-21(23)34)30(44)37-24-14-20(32(47)48)8-11-22(24)35/h3-15,27-28H,1-2H3,(H,36,43)(H,37,44)(H,45,46)(H,47,48). The molecule has 52 heavy (non-hydrogen) atoms. The van der Waals surface area contributed by atoms with Gasteiger partial charge >= 0.3 is 17.6 Å². The number of anilines is 2. The maximum atomic E-state index is 13.7. The lowest BCUT2D eigenvalue weighted by Crippen LogP contribution is -2.43. The lowest BCUT2D eigenvalue weighted by Gasteiger charge is -2.21. The molecule has 0 spiro atoms. The summed E-state index contributed by atoms with van der Waals surface area (Å²) in [6.45, 7) is 1.91. The number of nitro benzene ring substituents is 1. The van der Waals surface area contributed by atoms with E-state index in [4.69, 9.17) is 27.9 Å². The number of thioether (sulfide) groups is 1. The minimum absolute atomic E-state index is 0.0946. The molecule has 5 rings (SSSR count). The summed E-state index contributed by atoms with van der Waals surface area (Å²) in [5, 5.41) is 47.2. The van der Waals surface area contributed by atoms with Crippen LogP contribution in [-0.2, 0) is 16.6 Å². The molecule has 0 aliphatic carbocycles. The first-order chi connectivity index (χ1) is 24.7. The van der Waals surface area contributed by atoms with Crippen LogP contribution in [0.5, 0.6) is 5.75 Å². The minimum atomic E-state index is -2.20. The maximum absolute atomic E-state index is 13.7. The Labute approximate surface area is 307 Å². The van der Waals surface area contributed by atoms with Crippen LogP contribution >= 0.6 is 35.0 Å². The summed E-state index contributed by atoms with van der Waals surface area (Å²) in [5.41, 5.74) is 0.646. The number of carbonyl (C=O) groups excluding carboxylic acids is 2. The number of carboxylic acids is 2. The highest BCUT2D eigenvalue weighted by Crippen LogP contribution is 2.42. The van der Waals surface area contributed by atoms with E-state index in [1.54, 1.807) is 7.05 Å². The summed E-state index contributed by atoms with van der Waals surface area (Å²) >= 11 is 13.6. The topological polar surface area (TPSA) is 229 Å². The largest absolute Gasteiger partial charge is 0.478 e. The average Bonchev–Trinajstić information content (AvgIpc) is 3.51.